The molecule has 0 unspecified atom stereocenters. The van der Waals surface area contributed by atoms with Crippen molar-refractivity contribution in [3.05, 3.63) is 78.0 Å². The van der Waals surface area contributed by atoms with Crippen LogP contribution in [0.1, 0.15) is 24.2 Å². The second-order valence-corrected chi connectivity index (χ2v) is 11.1. The van der Waals surface area contributed by atoms with Gasteiger partial charge in [0.1, 0.15) is 17.6 Å². The van der Waals surface area contributed by atoms with Gasteiger partial charge in [-0.3, -0.25) is 9.69 Å². The molecule has 3 heterocycles. The van der Waals surface area contributed by atoms with Crippen LogP contribution in [0.4, 0.5) is 9.52 Å². The molecular weight excluding hydrogens is 477 g/mol. The van der Waals surface area contributed by atoms with Crippen LogP contribution in [0.15, 0.2) is 70.2 Å². The highest BCUT2D eigenvalue weighted by Gasteiger charge is 2.42. The number of aromatic nitrogens is 1. The van der Waals surface area contributed by atoms with Crippen LogP contribution in [0.25, 0.3) is 10.2 Å². The number of hydrogen-bond donors (Lipinski definition) is 0. The van der Waals surface area contributed by atoms with Gasteiger partial charge in [0.05, 0.1) is 27.9 Å². The number of carbonyl (C=O) groups is 1. The molecule has 1 fully saturated rings. The standard InChI is InChI=1S/C24H22FN3O4S2/c1-16-6-9-19(10-7-16)34(30,31)28-12-2-5-21(28)23(29)27(15-18-4-3-13-32-18)24-26-20-11-8-17(25)14-22(20)33-24/h3-4,6-11,13-14,21H,2,5,12,15H2,1H3/t21-/m0/s1. The molecule has 5 rings (SSSR count). The number of fused-ring (bicyclic) bond motifs is 1. The van der Waals surface area contributed by atoms with Crippen molar-refractivity contribution in [2.45, 2.75) is 37.2 Å². The zero-order valence-corrected chi connectivity index (χ0v) is 20.0. The fourth-order valence-corrected chi connectivity index (χ4v) is 6.75. The number of carbonyl (C=O) groups excluding carboxylic acids is 1. The van der Waals surface area contributed by atoms with Crippen LogP contribution in [-0.2, 0) is 21.4 Å². The van der Waals surface area contributed by atoms with E-state index in [1.807, 2.05) is 6.92 Å². The Labute approximate surface area is 200 Å². The minimum atomic E-state index is -3.86. The highest BCUT2D eigenvalue weighted by Crippen LogP contribution is 2.34. The average molecular weight is 500 g/mol. The van der Waals surface area contributed by atoms with Gasteiger partial charge in [-0.1, -0.05) is 29.0 Å². The number of aryl methyl sites for hydroxylation is 1. The topological polar surface area (TPSA) is 83.7 Å². The predicted molar refractivity (Wildman–Crippen MR) is 128 cm³/mol. The van der Waals surface area contributed by atoms with Gasteiger partial charge < -0.3 is 4.42 Å². The van der Waals surface area contributed by atoms with Crippen LogP contribution < -0.4 is 4.90 Å². The molecule has 0 radical (unpaired) electrons. The van der Waals surface area contributed by atoms with Crippen LogP contribution in [0.3, 0.4) is 0 Å². The van der Waals surface area contributed by atoms with Crippen molar-refractivity contribution in [1.29, 1.82) is 0 Å². The van der Waals surface area contributed by atoms with E-state index in [2.05, 4.69) is 4.98 Å². The van der Waals surface area contributed by atoms with Gasteiger partial charge in [0.15, 0.2) is 5.13 Å². The molecule has 4 aromatic rings. The molecule has 0 N–H and O–H groups in total. The minimum absolute atomic E-state index is 0.0864. The van der Waals surface area contributed by atoms with E-state index in [4.69, 9.17) is 4.42 Å². The number of halogens is 1. The predicted octanol–water partition coefficient (Wildman–Crippen LogP) is 4.72. The summed E-state index contributed by atoms with van der Waals surface area (Å²) in [5.74, 6) is -0.244. The number of anilines is 1. The fraction of sp³-hybridized carbons (Fsp3) is 0.250. The minimum Gasteiger partial charge on any atom is -0.467 e. The summed E-state index contributed by atoms with van der Waals surface area (Å²) < 4.78 is 47.9. The lowest BCUT2D eigenvalue weighted by Gasteiger charge is -2.28. The van der Waals surface area contributed by atoms with E-state index in [-0.39, 0.29) is 23.9 Å². The number of nitrogens with zero attached hydrogens (tertiary/aromatic N) is 3. The van der Waals surface area contributed by atoms with E-state index < -0.39 is 21.9 Å². The van der Waals surface area contributed by atoms with Gasteiger partial charge in [0.2, 0.25) is 15.9 Å². The van der Waals surface area contributed by atoms with Gasteiger partial charge in [0.25, 0.3) is 0 Å². The molecule has 0 saturated carbocycles. The van der Waals surface area contributed by atoms with Gasteiger partial charge in [-0.25, -0.2) is 17.8 Å². The van der Waals surface area contributed by atoms with Crippen molar-refractivity contribution in [3.63, 3.8) is 0 Å². The summed E-state index contributed by atoms with van der Waals surface area (Å²) in [6.07, 6.45) is 2.48. The molecule has 1 atom stereocenters. The lowest BCUT2D eigenvalue weighted by atomic mass is 10.2. The van der Waals surface area contributed by atoms with Gasteiger partial charge in [-0.2, -0.15) is 4.31 Å². The Balaban J connectivity index is 1.51. The van der Waals surface area contributed by atoms with E-state index in [9.17, 15) is 17.6 Å². The maximum atomic E-state index is 13.8. The Morgan fingerprint density at radius 3 is 2.76 bits per heavy atom. The third kappa shape index (κ3) is 4.24. The highest BCUT2D eigenvalue weighted by atomic mass is 32.2. The van der Waals surface area contributed by atoms with Gasteiger partial charge in [-0.05, 0) is 62.2 Å². The van der Waals surface area contributed by atoms with Crippen LogP contribution in [0, 0.1) is 12.7 Å². The smallest absolute Gasteiger partial charge is 0.247 e. The van der Waals surface area contributed by atoms with Crippen molar-refractivity contribution in [2.75, 3.05) is 11.4 Å². The Bertz CT molecular complexity index is 1430. The third-order valence-corrected chi connectivity index (χ3v) is 8.81. The third-order valence-electron chi connectivity index (χ3n) is 5.85. The first-order valence-electron chi connectivity index (χ1n) is 10.8. The summed E-state index contributed by atoms with van der Waals surface area (Å²) in [6, 6.07) is 13.4. The monoisotopic (exact) mass is 499 g/mol. The maximum absolute atomic E-state index is 13.8. The van der Waals surface area contributed by atoms with E-state index >= 15 is 0 Å². The molecule has 0 spiro atoms. The number of amides is 1. The molecule has 0 aliphatic carbocycles. The van der Waals surface area contributed by atoms with Crippen molar-refractivity contribution >= 4 is 42.6 Å². The Hall–Kier alpha value is -3.08. The van der Waals surface area contributed by atoms with Crippen LogP contribution in [-0.4, -0.2) is 36.2 Å². The van der Waals surface area contributed by atoms with E-state index in [0.29, 0.717) is 34.0 Å². The molecule has 1 aliphatic heterocycles. The summed E-state index contributed by atoms with van der Waals surface area (Å²) >= 11 is 1.18. The van der Waals surface area contributed by atoms with Crippen molar-refractivity contribution in [3.8, 4) is 0 Å². The van der Waals surface area contributed by atoms with Gasteiger partial charge in [0, 0.05) is 6.54 Å². The molecule has 1 aliphatic rings. The van der Waals surface area contributed by atoms with Crippen LogP contribution >= 0.6 is 11.3 Å². The second kappa shape index (κ2) is 8.94. The number of benzene rings is 2. The molecule has 34 heavy (non-hydrogen) atoms. The maximum Gasteiger partial charge on any atom is 0.247 e. The number of sulfonamides is 1. The first-order valence-corrected chi connectivity index (χ1v) is 13.1. The molecule has 176 valence electrons. The Kier molecular flexibility index (Phi) is 5.97. The summed E-state index contributed by atoms with van der Waals surface area (Å²) in [5.41, 5.74) is 1.51. The molecule has 2 aromatic heterocycles. The van der Waals surface area contributed by atoms with Crippen LogP contribution in [0.2, 0.25) is 0 Å². The van der Waals surface area contributed by atoms with Gasteiger partial charge >= 0.3 is 0 Å². The largest absolute Gasteiger partial charge is 0.467 e. The SMILES string of the molecule is Cc1ccc(S(=O)(=O)N2CCC[C@H]2C(=O)N(Cc2ccco2)c2nc3ccc(F)cc3s2)cc1. The number of furan rings is 1. The number of thiazole rings is 1. The quantitative estimate of drug-likeness (QED) is 0.383. The summed E-state index contributed by atoms with van der Waals surface area (Å²) in [4.78, 5) is 20.0. The van der Waals surface area contributed by atoms with Crippen molar-refractivity contribution in [1.82, 2.24) is 9.29 Å². The zero-order valence-electron chi connectivity index (χ0n) is 18.3. The molecule has 1 amide bonds. The van der Waals surface area contributed by atoms with Gasteiger partial charge in [-0.15, -0.1) is 0 Å². The van der Waals surface area contributed by atoms with Crippen LogP contribution in [0.5, 0.6) is 0 Å². The highest BCUT2D eigenvalue weighted by molar-refractivity contribution is 7.89. The van der Waals surface area contributed by atoms with E-state index in [0.717, 1.165) is 5.56 Å². The Morgan fingerprint density at radius 1 is 1.24 bits per heavy atom. The Morgan fingerprint density at radius 2 is 2.03 bits per heavy atom. The van der Waals surface area contributed by atoms with E-state index in [1.165, 1.54) is 38.9 Å². The molecular formula is C24H22FN3O4S2. The number of rotatable bonds is 6. The van der Waals surface area contributed by atoms with E-state index in [1.54, 1.807) is 42.5 Å². The summed E-state index contributed by atoms with van der Waals surface area (Å²) in [5, 5.41) is 0.363. The van der Waals surface area contributed by atoms with Crippen molar-refractivity contribution in [2.24, 2.45) is 0 Å². The normalized spacial score (nSPS) is 16.8. The summed E-state index contributed by atoms with van der Waals surface area (Å²) in [7, 11) is -3.86. The summed E-state index contributed by atoms with van der Waals surface area (Å²) in [6.45, 7) is 2.23. The molecule has 10 heteroatoms. The lowest BCUT2D eigenvalue weighted by molar-refractivity contribution is -0.121. The fourth-order valence-electron chi connectivity index (χ4n) is 4.10. The number of hydrogen-bond acceptors (Lipinski definition) is 6. The average Bonchev–Trinajstić information content (AvgIpc) is 3.57. The first kappa shape index (κ1) is 22.7. The first-order chi connectivity index (χ1) is 16.3. The molecule has 2 aromatic carbocycles. The van der Waals surface area contributed by atoms with Crippen molar-refractivity contribution < 1.29 is 22.0 Å². The zero-order chi connectivity index (χ0) is 23.9. The molecule has 1 saturated heterocycles. The molecule has 0 bridgehead atoms. The molecule has 7 nitrogen and oxygen atoms in total. The second-order valence-electron chi connectivity index (χ2n) is 8.20. The lowest BCUT2D eigenvalue weighted by Crippen LogP contribution is -2.47.